The molecule has 23 heavy (non-hydrogen) atoms. The van der Waals surface area contributed by atoms with E-state index in [2.05, 4.69) is 41.5 Å². The van der Waals surface area contributed by atoms with Gasteiger partial charge in [-0.25, -0.2) is 14.6 Å². The van der Waals surface area contributed by atoms with Crippen molar-refractivity contribution in [3.63, 3.8) is 0 Å². The zero-order valence-electron chi connectivity index (χ0n) is 12.7. The van der Waals surface area contributed by atoms with E-state index in [1.807, 2.05) is 44.2 Å². The van der Waals surface area contributed by atoms with Gasteiger partial charge in [0.15, 0.2) is 11.6 Å². The highest BCUT2D eigenvalue weighted by molar-refractivity contribution is 9.10. The smallest absolute Gasteiger partial charge is 0.159 e. The summed E-state index contributed by atoms with van der Waals surface area (Å²) in [6, 6.07) is 11.7. The molecular formula is C16H15BrN6. The molecule has 0 aliphatic rings. The molecular weight excluding hydrogens is 356 g/mol. The van der Waals surface area contributed by atoms with Gasteiger partial charge in [-0.05, 0) is 37.6 Å². The van der Waals surface area contributed by atoms with E-state index in [9.17, 15) is 0 Å². The van der Waals surface area contributed by atoms with Crippen LogP contribution in [0.15, 0.2) is 52.3 Å². The molecule has 0 atom stereocenters. The third-order valence-electron chi connectivity index (χ3n) is 3.14. The lowest BCUT2D eigenvalue weighted by molar-refractivity contribution is 0.801. The van der Waals surface area contributed by atoms with Crippen molar-refractivity contribution in [3.8, 4) is 5.82 Å². The Labute approximate surface area is 142 Å². The van der Waals surface area contributed by atoms with Crippen LogP contribution in [0.4, 0.5) is 5.82 Å². The van der Waals surface area contributed by atoms with E-state index < -0.39 is 0 Å². The maximum atomic E-state index is 4.41. The van der Waals surface area contributed by atoms with Gasteiger partial charge in [0.1, 0.15) is 6.33 Å². The molecule has 6 nitrogen and oxygen atoms in total. The lowest BCUT2D eigenvalue weighted by atomic mass is 10.2. The third-order valence-corrected chi connectivity index (χ3v) is 3.67. The van der Waals surface area contributed by atoms with E-state index >= 15 is 0 Å². The van der Waals surface area contributed by atoms with Gasteiger partial charge in [0, 0.05) is 16.2 Å². The van der Waals surface area contributed by atoms with Crippen molar-refractivity contribution in [3.05, 3.63) is 64.1 Å². The highest BCUT2D eigenvalue weighted by Crippen LogP contribution is 2.12. The van der Waals surface area contributed by atoms with Crippen molar-refractivity contribution in [1.29, 1.82) is 0 Å². The molecule has 1 N–H and O–H groups in total. The van der Waals surface area contributed by atoms with Crippen molar-refractivity contribution < 1.29 is 0 Å². The highest BCUT2D eigenvalue weighted by atomic mass is 79.9. The standard InChI is InChI=1S/C16H15BrN6/c1-11-7-12(2)23(22-11)16-8-15(18-10-19-16)21-20-9-13-3-5-14(17)6-4-13/h3-10H,1-2H3,(H,18,19,21)/b20-9+. The molecule has 0 radical (unpaired) electrons. The zero-order chi connectivity index (χ0) is 16.2. The van der Waals surface area contributed by atoms with Crippen LogP contribution in [0.1, 0.15) is 17.0 Å². The summed E-state index contributed by atoms with van der Waals surface area (Å²) in [5.74, 6) is 1.31. The van der Waals surface area contributed by atoms with E-state index in [-0.39, 0.29) is 0 Å². The first-order valence-electron chi connectivity index (χ1n) is 7.02. The second-order valence-corrected chi connectivity index (χ2v) is 5.94. The maximum absolute atomic E-state index is 4.41. The Balaban J connectivity index is 1.75. The van der Waals surface area contributed by atoms with Crippen LogP contribution in [0.3, 0.4) is 0 Å². The number of nitrogens with one attached hydrogen (secondary N) is 1. The first-order chi connectivity index (χ1) is 11.1. The highest BCUT2D eigenvalue weighted by Gasteiger charge is 2.06. The Hall–Kier alpha value is -2.54. The van der Waals surface area contributed by atoms with E-state index in [1.54, 1.807) is 17.0 Å². The van der Waals surface area contributed by atoms with E-state index in [1.165, 1.54) is 6.33 Å². The largest absolute Gasteiger partial charge is 0.261 e. The number of aryl methyl sites for hydroxylation is 2. The molecule has 2 aromatic heterocycles. The topological polar surface area (TPSA) is 68.0 Å². The number of rotatable bonds is 4. The second kappa shape index (κ2) is 6.70. The van der Waals surface area contributed by atoms with Gasteiger partial charge < -0.3 is 0 Å². The van der Waals surface area contributed by atoms with Crippen molar-refractivity contribution in [1.82, 2.24) is 19.7 Å². The van der Waals surface area contributed by atoms with Crippen molar-refractivity contribution in [2.75, 3.05) is 5.43 Å². The zero-order valence-corrected chi connectivity index (χ0v) is 14.3. The lowest BCUT2D eigenvalue weighted by Gasteiger charge is -2.04. The number of anilines is 1. The molecule has 116 valence electrons. The van der Waals surface area contributed by atoms with Crippen LogP contribution in [0.2, 0.25) is 0 Å². The average molecular weight is 371 g/mol. The van der Waals surface area contributed by atoms with E-state index in [0.717, 1.165) is 21.4 Å². The fraction of sp³-hybridized carbons (Fsp3) is 0.125. The predicted molar refractivity (Wildman–Crippen MR) is 94.0 cm³/mol. The Morgan fingerprint density at radius 3 is 2.61 bits per heavy atom. The molecule has 0 unspecified atom stereocenters. The van der Waals surface area contributed by atoms with Gasteiger partial charge in [-0.2, -0.15) is 10.2 Å². The summed E-state index contributed by atoms with van der Waals surface area (Å²) >= 11 is 3.40. The molecule has 0 saturated carbocycles. The summed E-state index contributed by atoms with van der Waals surface area (Å²) in [4.78, 5) is 8.41. The average Bonchev–Trinajstić information content (AvgIpc) is 2.88. The molecule has 0 aliphatic heterocycles. The van der Waals surface area contributed by atoms with Crippen LogP contribution in [0.25, 0.3) is 5.82 Å². The van der Waals surface area contributed by atoms with Gasteiger partial charge in [0.25, 0.3) is 0 Å². The fourth-order valence-electron chi connectivity index (χ4n) is 2.11. The number of nitrogens with zero attached hydrogens (tertiary/aromatic N) is 5. The summed E-state index contributed by atoms with van der Waals surface area (Å²) in [5.41, 5.74) is 5.87. The Bertz CT molecular complexity index is 838. The van der Waals surface area contributed by atoms with Crippen LogP contribution >= 0.6 is 15.9 Å². The van der Waals surface area contributed by atoms with Crippen molar-refractivity contribution in [2.24, 2.45) is 5.10 Å². The van der Waals surface area contributed by atoms with E-state index in [0.29, 0.717) is 11.6 Å². The van der Waals surface area contributed by atoms with Crippen LogP contribution in [-0.2, 0) is 0 Å². The SMILES string of the molecule is Cc1cc(C)n(-c2cc(N/N=C/c3ccc(Br)cc3)ncn2)n1. The van der Waals surface area contributed by atoms with Gasteiger partial charge in [-0.1, -0.05) is 28.1 Å². The Morgan fingerprint density at radius 1 is 1.13 bits per heavy atom. The van der Waals surface area contributed by atoms with Crippen molar-refractivity contribution in [2.45, 2.75) is 13.8 Å². The van der Waals surface area contributed by atoms with Gasteiger partial charge in [0.2, 0.25) is 0 Å². The summed E-state index contributed by atoms with van der Waals surface area (Å²) in [7, 11) is 0. The summed E-state index contributed by atoms with van der Waals surface area (Å²) in [5, 5.41) is 8.61. The molecule has 0 amide bonds. The number of halogens is 1. The molecule has 2 heterocycles. The minimum absolute atomic E-state index is 0.607. The molecule has 0 fully saturated rings. The second-order valence-electron chi connectivity index (χ2n) is 5.02. The van der Waals surface area contributed by atoms with Crippen LogP contribution < -0.4 is 5.43 Å². The summed E-state index contributed by atoms with van der Waals surface area (Å²) < 4.78 is 2.81. The third kappa shape index (κ3) is 3.81. The van der Waals surface area contributed by atoms with Gasteiger partial charge in [0.05, 0.1) is 11.9 Å². The van der Waals surface area contributed by atoms with Crippen LogP contribution in [0, 0.1) is 13.8 Å². The van der Waals surface area contributed by atoms with Crippen molar-refractivity contribution >= 4 is 28.0 Å². The number of hydrazone groups is 1. The Morgan fingerprint density at radius 2 is 1.91 bits per heavy atom. The quantitative estimate of drug-likeness (QED) is 0.563. The summed E-state index contributed by atoms with van der Waals surface area (Å²) in [6.07, 6.45) is 3.22. The monoisotopic (exact) mass is 370 g/mol. The molecule has 1 aromatic carbocycles. The van der Waals surface area contributed by atoms with Gasteiger partial charge in [-0.3, -0.25) is 5.43 Å². The van der Waals surface area contributed by atoms with Crippen LogP contribution in [0.5, 0.6) is 0 Å². The minimum atomic E-state index is 0.607. The first kappa shape index (κ1) is 15.4. The maximum Gasteiger partial charge on any atom is 0.159 e. The van der Waals surface area contributed by atoms with Gasteiger partial charge in [-0.15, -0.1) is 0 Å². The first-order valence-corrected chi connectivity index (χ1v) is 7.81. The normalized spacial score (nSPS) is 11.1. The van der Waals surface area contributed by atoms with E-state index in [4.69, 9.17) is 0 Å². The molecule has 3 rings (SSSR count). The number of aromatic nitrogens is 4. The number of benzene rings is 1. The van der Waals surface area contributed by atoms with Crippen LogP contribution in [-0.4, -0.2) is 26.0 Å². The molecule has 7 heteroatoms. The fourth-order valence-corrected chi connectivity index (χ4v) is 2.37. The molecule has 3 aromatic rings. The predicted octanol–water partition coefficient (Wildman–Crippen LogP) is 3.49. The number of hydrogen-bond acceptors (Lipinski definition) is 5. The number of hydrogen-bond donors (Lipinski definition) is 1. The summed E-state index contributed by atoms with van der Waals surface area (Å²) in [6.45, 7) is 3.94. The minimum Gasteiger partial charge on any atom is -0.261 e. The molecule has 0 saturated heterocycles. The molecule has 0 bridgehead atoms. The van der Waals surface area contributed by atoms with Gasteiger partial charge >= 0.3 is 0 Å². The molecule has 0 spiro atoms. The Kier molecular flexibility index (Phi) is 4.47. The lowest BCUT2D eigenvalue weighted by Crippen LogP contribution is -2.04. The molecule has 0 aliphatic carbocycles.